The minimum atomic E-state index is -0.780. The molecule has 1 heterocycles. The van der Waals surface area contributed by atoms with Gasteiger partial charge in [0.1, 0.15) is 5.75 Å². The number of hydrogen-bond acceptors (Lipinski definition) is 5. The van der Waals surface area contributed by atoms with Gasteiger partial charge in [-0.25, -0.2) is 0 Å². The Bertz CT molecular complexity index is 556. The van der Waals surface area contributed by atoms with Gasteiger partial charge >= 0.3 is 11.8 Å². The highest BCUT2D eigenvalue weighted by Gasteiger charge is 2.15. The summed E-state index contributed by atoms with van der Waals surface area (Å²) in [5, 5.41) is 14.7. The number of anilines is 1. The zero-order valence-corrected chi connectivity index (χ0v) is 13.3. The van der Waals surface area contributed by atoms with Gasteiger partial charge in [-0.1, -0.05) is 6.07 Å². The molecular weight excluding hydrogens is 298 g/mol. The van der Waals surface area contributed by atoms with Crippen molar-refractivity contribution in [3.8, 4) is 5.75 Å². The van der Waals surface area contributed by atoms with Crippen LogP contribution in [-0.2, 0) is 14.3 Å². The van der Waals surface area contributed by atoms with Crippen LogP contribution >= 0.6 is 0 Å². The Morgan fingerprint density at radius 2 is 2.00 bits per heavy atom. The largest absolute Gasteiger partial charge is 0.506 e. The number of aryl methyl sites for hydroxylation is 1. The number of phenolic OH excluding ortho intramolecular Hbond substituents is 1. The number of morpholine rings is 1. The fourth-order valence-corrected chi connectivity index (χ4v) is 2.34. The Hall–Kier alpha value is -2.12. The maximum absolute atomic E-state index is 11.8. The van der Waals surface area contributed by atoms with Crippen molar-refractivity contribution in [1.29, 1.82) is 0 Å². The smallest absolute Gasteiger partial charge is 0.313 e. The summed E-state index contributed by atoms with van der Waals surface area (Å²) in [4.78, 5) is 25.8. The standard InChI is InChI=1S/C16H23N3O4/c1-12-3-4-14(20)13(11-12)18-16(22)15(21)17-5-2-6-19-7-9-23-10-8-19/h3-4,11,20H,2,5-10H2,1H3,(H,17,21)(H,18,22). The number of carbonyl (C=O) groups excluding carboxylic acids is 2. The molecule has 2 rings (SSSR count). The van der Waals surface area contributed by atoms with E-state index in [1.807, 2.05) is 6.92 Å². The molecule has 1 saturated heterocycles. The summed E-state index contributed by atoms with van der Waals surface area (Å²) in [5.74, 6) is -1.55. The number of benzene rings is 1. The molecule has 1 aromatic rings. The molecule has 0 unspecified atom stereocenters. The van der Waals surface area contributed by atoms with Crippen molar-refractivity contribution in [2.24, 2.45) is 0 Å². The van der Waals surface area contributed by atoms with Crippen LogP contribution in [0.2, 0.25) is 0 Å². The first kappa shape index (κ1) is 17.2. The Kier molecular flexibility index (Phi) is 6.37. The van der Waals surface area contributed by atoms with Gasteiger partial charge in [0.05, 0.1) is 18.9 Å². The van der Waals surface area contributed by atoms with Crippen molar-refractivity contribution in [2.75, 3.05) is 44.7 Å². The summed E-state index contributed by atoms with van der Waals surface area (Å²) < 4.78 is 5.27. The van der Waals surface area contributed by atoms with Gasteiger partial charge in [0.15, 0.2) is 0 Å². The number of nitrogens with zero attached hydrogens (tertiary/aromatic N) is 1. The van der Waals surface area contributed by atoms with Gasteiger partial charge in [0.2, 0.25) is 0 Å². The van der Waals surface area contributed by atoms with Crippen molar-refractivity contribution >= 4 is 17.5 Å². The van der Waals surface area contributed by atoms with Crippen molar-refractivity contribution in [2.45, 2.75) is 13.3 Å². The van der Waals surface area contributed by atoms with E-state index in [-0.39, 0.29) is 11.4 Å². The quantitative estimate of drug-likeness (QED) is 0.417. The lowest BCUT2D eigenvalue weighted by Gasteiger charge is -2.26. The summed E-state index contributed by atoms with van der Waals surface area (Å²) in [6.07, 6.45) is 0.773. The van der Waals surface area contributed by atoms with Gasteiger partial charge in [-0.15, -0.1) is 0 Å². The summed E-state index contributed by atoms with van der Waals surface area (Å²) in [6.45, 7) is 6.43. The van der Waals surface area contributed by atoms with Gasteiger partial charge in [0.25, 0.3) is 0 Å². The topological polar surface area (TPSA) is 90.9 Å². The molecule has 1 aromatic carbocycles. The molecule has 1 aliphatic heterocycles. The number of carbonyl (C=O) groups is 2. The Labute approximate surface area is 135 Å². The highest BCUT2D eigenvalue weighted by molar-refractivity contribution is 6.39. The molecule has 0 radical (unpaired) electrons. The molecule has 3 N–H and O–H groups in total. The fraction of sp³-hybridized carbons (Fsp3) is 0.500. The molecule has 0 bridgehead atoms. The van der Waals surface area contributed by atoms with Crippen LogP contribution in [0.15, 0.2) is 18.2 Å². The van der Waals surface area contributed by atoms with Crippen LogP contribution in [0.25, 0.3) is 0 Å². The summed E-state index contributed by atoms with van der Waals surface area (Å²) >= 11 is 0. The van der Waals surface area contributed by atoms with Crippen LogP contribution in [0.3, 0.4) is 0 Å². The van der Waals surface area contributed by atoms with Gasteiger partial charge < -0.3 is 20.5 Å². The minimum Gasteiger partial charge on any atom is -0.506 e. The molecule has 126 valence electrons. The number of hydrogen-bond donors (Lipinski definition) is 3. The number of rotatable bonds is 5. The average molecular weight is 321 g/mol. The van der Waals surface area contributed by atoms with Gasteiger partial charge in [-0.3, -0.25) is 14.5 Å². The Morgan fingerprint density at radius 3 is 2.74 bits per heavy atom. The van der Waals surface area contributed by atoms with Gasteiger partial charge in [0, 0.05) is 19.6 Å². The predicted molar refractivity (Wildman–Crippen MR) is 86.4 cm³/mol. The molecule has 7 heteroatoms. The van der Waals surface area contributed by atoms with E-state index in [4.69, 9.17) is 4.74 Å². The maximum atomic E-state index is 11.8. The average Bonchev–Trinajstić information content (AvgIpc) is 2.55. The first-order valence-corrected chi connectivity index (χ1v) is 7.75. The van der Waals surface area contributed by atoms with Crippen molar-refractivity contribution in [3.63, 3.8) is 0 Å². The van der Waals surface area contributed by atoms with Crippen LogP contribution in [0.1, 0.15) is 12.0 Å². The summed E-state index contributed by atoms with van der Waals surface area (Å²) in [7, 11) is 0. The molecule has 23 heavy (non-hydrogen) atoms. The zero-order chi connectivity index (χ0) is 16.7. The van der Waals surface area contributed by atoms with E-state index in [1.54, 1.807) is 12.1 Å². The molecule has 0 atom stereocenters. The molecule has 0 aliphatic carbocycles. The maximum Gasteiger partial charge on any atom is 0.313 e. The molecular formula is C16H23N3O4. The van der Waals surface area contributed by atoms with Crippen LogP contribution in [-0.4, -0.2) is 61.2 Å². The fourth-order valence-electron chi connectivity index (χ4n) is 2.34. The SMILES string of the molecule is Cc1ccc(O)c(NC(=O)C(=O)NCCCN2CCOCC2)c1. The van der Waals surface area contributed by atoms with E-state index in [0.29, 0.717) is 6.54 Å². The van der Waals surface area contributed by atoms with Crippen molar-refractivity contribution < 1.29 is 19.4 Å². The Morgan fingerprint density at radius 1 is 1.26 bits per heavy atom. The highest BCUT2D eigenvalue weighted by atomic mass is 16.5. The van der Waals surface area contributed by atoms with E-state index in [1.165, 1.54) is 6.07 Å². The van der Waals surface area contributed by atoms with Crippen LogP contribution < -0.4 is 10.6 Å². The van der Waals surface area contributed by atoms with Gasteiger partial charge in [-0.05, 0) is 37.6 Å². The lowest BCUT2D eigenvalue weighted by atomic mass is 10.2. The second-order valence-corrected chi connectivity index (χ2v) is 5.54. The third-order valence-corrected chi connectivity index (χ3v) is 3.65. The lowest BCUT2D eigenvalue weighted by Crippen LogP contribution is -2.39. The molecule has 2 amide bonds. The van der Waals surface area contributed by atoms with Gasteiger partial charge in [-0.2, -0.15) is 0 Å². The van der Waals surface area contributed by atoms with Crippen LogP contribution in [0.4, 0.5) is 5.69 Å². The molecule has 1 aliphatic rings. The van der Waals surface area contributed by atoms with E-state index in [0.717, 1.165) is 44.8 Å². The predicted octanol–water partition coefficient (Wildman–Crippen LogP) is 0.478. The van der Waals surface area contributed by atoms with E-state index >= 15 is 0 Å². The Balaban J connectivity index is 1.70. The highest BCUT2D eigenvalue weighted by Crippen LogP contribution is 2.23. The van der Waals surface area contributed by atoms with Crippen molar-refractivity contribution in [1.82, 2.24) is 10.2 Å². The van der Waals surface area contributed by atoms with E-state index in [9.17, 15) is 14.7 Å². The third-order valence-electron chi connectivity index (χ3n) is 3.65. The van der Waals surface area contributed by atoms with E-state index in [2.05, 4.69) is 15.5 Å². The van der Waals surface area contributed by atoms with Crippen LogP contribution in [0, 0.1) is 6.92 Å². The second-order valence-electron chi connectivity index (χ2n) is 5.54. The number of amides is 2. The summed E-state index contributed by atoms with van der Waals surface area (Å²) in [5.41, 5.74) is 1.11. The molecule has 0 aromatic heterocycles. The second kappa shape index (κ2) is 8.50. The first-order valence-electron chi connectivity index (χ1n) is 7.75. The molecule has 7 nitrogen and oxygen atoms in total. The summed E-state index contributed by atoms with van der Waals surface area (Å²) in [6, 6.07) is 4.81. The third kappa shape index (κ3) is 5.54. The van der Waals surface area contributed by atoms with Crippen molar-refractivity contribution in [3.05, 3.63) is 23.8 Å². The lowest BCUT2D eigenvalue weighted by molar-refractivity contribution is -0.136. The monoisotopic (exact) mass is 321 g/mol. The molecule has 0 saturated carbocycles. The first-order chi connectivity index (χ1) is 11.1. The minimum absolute atomic E-state index is 0.0657. The zero-order valence-electron chi connectivity index (χ0n) is 13.3. The number of ether oxygens (including phenoxy) is 1. The number of nitrogens with one attached hydrogen (secondary N) is 2. The normalized spacial score (nSPS) is 15.2. The number of aromatic hydroxyl groups is 1. The van der Waals surface area contributed by atoms with E-state index < -0.39 is 11.8 Å². The molecule has 0 spiro atoms. The molecule has 1 fully saturated rings. The van der Waals surface area contributed by atoms with Crippen LogP contribution in [0.5, 0.6) is 5.75 Å². The number of phenols is 1.